The van der Waals surface area contributed by atoms with E-state index in [1.54, 1.807) is 9.80 Å². The Bertz CT molecular complexity index is 1680. The maximum absolute atomic E-state index is 13.6. The summed E-state index contributed by atoms with van der Waals surface area (Å²) in [6.07, 6.45) is 3.97. The number of aromatic nitrogens is 1. The lowest BCUT2D eigenvalue weighted by molar-refractivity contribution is -0.114. The van der Waals surface area contributed by atoms with E-state index >= 15 is 0 Å². The number of amides is 1. The van der Waals surface area contributed by atoms with Crippen LogP contribution in [0.2, 0.25) is 0 Å². The van der Waals surface area contributed by atoms with E-state index < -0.39 is 0 Å². The Hall–Kier alpha value is -3.82. The van der Waals surface area contributed by atoms with Crippen molar-refractivity contribution in [1.82, 2.24) is 9.47 Å². The first-order chi connectivity index (χ1) is 18.8. The van der Waals surface area contributed by atoms with Crippen molar-refractivity contribution in [3.05, 3.63) is 87.7 Å². The monoisotopic (exact) mass is 603 g/mol. The number of rotatable bonds is 6. The fraction of sp³-hybridized carbons (Fsp3) is 0.200. The lowest BCUT2D eigenvalue weighted by atomic mass is 10.1. The molecular weight excluding hydrogens is 578 g/mol. The summed E-state index contributed by atoms with van der Waals surface area (Å²) in [7, 11) is 1.83. The van der Waals surface area contributed by atoms with Crippen molar-refractivity contribution in [3.8, 4) is 17.2 Å². The summed E-state index contributed by atoms with van der Waals surface area (Å²) in [6, 6.07) is 17.7. The summed E-state index contributed by atoms with van der Waals surface area (Å²) < 4.78 is 19.9. The number of aryl methyl sites for hydroxylation is 2. The maximum Gasteiger partial charge on any atom is 0.281 e. The molecule has 3 heterocycles. The number of thiocarbonyl (C=S) groups is 1. The maximum atomic E-state index is 13.6. The predicted molar refractivity (Wildman–Crippen MR) is 159 cm³/mol. The third-order valence-corrected chi connectivity index (χ3v) is 8.07. The normalized spacial score (nSPS) is 15.7. The molecule has 0 unspecified atom stereocenters. The molecule has 3 aromatic carbocycles. The minimum Gasteiger partial charge on any atom is -0.492 e. The number of hydrogen-bond acceptors (Lipinski definition) is 5. The van der Waals surface area contributed by atoms with Crippen LogP contribution in [0.15, 0.2) is 71.0 Å². The van der Waals surface area contributed by atoms with Gasteiger partial charge in [-0.3, -0.25) is 9.69 Å². The summed E-state index contributed by atoms with van der Waals surface area (Å²) in [5, 5.41) is 1.48. The van der Waals surface area contributed by atoms with Crippen LogP contribution in [0.25, 0.3) is 17.0 Å². The molecule has 6 rings (SSSR count). The SMILES string of the molecule is Cc1ccc(N2C(=O)/C(=C/c3cn(CCOc4ccc5c(c4)OCO5)c4ccc(Br)cc34)N(C)C2=S)cc1C. The minimum atomic E-state index is -0.146. The number of hydrogen-bond donors (Lipinski definition) is 0. The van der Waals surface area contributed by atoms with Gasteiger partial charge in [0.2, 0.25) is 6.79 Å². The number of likely N-dealkylation sites (N-methyl/N-ethyl adjacent to an activating group) is 1. The number of carbonyl (C=O) groups is 1. The molecule has 1 fully saturated rings. The van der Waals surface area contributed by atoms with Gasteiger partial charge in [-0.2, -0.15) is 0 Å². The first-order valence-corrected chi connectivity index (χ1v) is 13.7. The Morgan fingerprint density at radius 3 is 2.67 bits per heavy atom. The number of fused-ring (bicyclic) bond motifs is 2. The largest absolute Gasteiger partial charge is 0.492 e. The van der Waals surface area contributed by atoms with E-state index in [4.69, 9.17) is 26.4 Å². The zero-order valence-corrected chi connectivity index (χ0v) is 24.1. The molecule has 0 spiro atoms. The second-order valence-corrected chi connectivity index (χ2v) is 10.9. The van der Waals surface area contributed by atoms with Crippen LogP contribution in [-0.2, 0) is 11.3 Å². The van der Waals surface area contributed by atoms with E-state index in [1.807, 2.05) is 62.5 Å². The lowest BCUT2D eigenvalue weighted by Crippen LogP contribution is -2.31. The molecule has 0 aliphatic carbocycles. The van der Waals surface area contributed by atoms with E-state index in [-0.39, 0.29) is 12.7 Å². The van der Waals surface area contributed by atoms with Crippen LogP contribution in [0.3, 0.4) is 0 Å². The molecule has 1 saturated heterocycles. The summed E-state index contributed by atoms with van der Waals surface area (Å²) in [4.78, 5) is 17.0. The highest BCUT2D eigenvalue weighted by molar-refractivity contribution is 9.10. The highest BCUT2D eigenvalue weighted by Crippen LogP contribution is 2.35. The number of carbonyl (C=O) groups excluding carboxylic acids is 1. The van der Waals surface area contributed by atoms with Gasteiger partial charge in [-0.05, 0) is 85.7 Å². The van der Waals surface area contributed by atoms with Crippen molar-refractivity contribution in [2.24, 2.45) is 0 Å². The highest BCUT2D eigenvalue weighted by Gasteiger charge is 2.37. The molecule has 1 aromatic heterocycles. The summed E-state index contributed by atoms with van der Waals surface area (Å²) in [5.41, 5.74) is 5.54. The third kappa shape index (κ3) is 4.66. The molecule has 0 saturated carbocycles. The fourth-order valence-electron chi connectivity index (χ4n) is 4.82. The van der Waals surface area contributed by atoms with Crippen molar-refractivity contribution >= 4 is 61.8 Å². The van der Waals surface area contributed by atoms with Crippen molar-refractivity contribution < 1.29 is 19.0 Å². The Labute approximate surface area is 240 Å². The number of halogens is 1. The van der Waals surface area contributed by atoms with Crippen LogP contribution < -0.4 is 19.1 Å². The smallest absolute Gasteiger partial charge is 0.281 e. The molecule has 2 aliphatic heterocycles. The molecular formula is C30H26BrN3O4S. The topological polar surface area (TPSA) is 56.2 Å². The van der Waals surface area contributed by atoms with Crippen molar-refractivity contribution in [1.29, 1.82) is 0 Å². The highest BCUT2D eigenvalue weighted by atomic mass is 79.9. The molecule has 0 atom stereocenters. The Balaban J connectivity index is 1.29. The van der Waals surface area contributed by atoms with Gasteiger partial charge in [0.1, 0.15) is 18.1 Å². The van der Waals surface area contributed by atoms with Crippen LogP contribution in [0, 0.1) is 13.8 Å². The third-order valence-electron chi connectivity index (χ3n) is 7.12. The standard InChI is InChI=1S/C30H26BrN3O4S/c1-18-4-6-22(12-19(18)2)34-29(35)26(32(3)30(34)39)13-20-16-33(25-8-5-21(31)14-24(20)25)10-11-36-23-7-9-27-28(15-23)38-17-37-27/h4-9,12-16H,10-11,17H2,1-3H3/b26-13-. The van der Waals surface area contributed by atoms with Crippen LogP contribution >= 0.6 is 28.1 Å². The quantitative estimate of drug-likeness (QED) is 0.187. The van der Waals surface area contributed by atoms with Gasteiger partial charge in [-0.1, -0.05) is 22.0 Å². The zero-order valence-electron chi connectivity index (χ0n) is 21.7. The predicted octanol–water partition coefficient (Wildman–Crippen LogP) is 6.43. The van der Waals surface area contributed by atoms with E-state index in [9.17, 15) is 4.79 Å². The van der Waals surface area contributed by atoms with Gasteiger partial charge in [-0.15, -0.1) is 0 Å². The van der Waals surface area contributed by atoms with E-state index in [0.29, 0.717) is 29.7 Å². The first-order valence-electron chi connectivity index (χ1n) is 12.5. The van der Waals surface area contributed by atoms with Gasteiger partial charge in [0.05, 0.1) is 12.2 Å². The Morgan fingerprint density at radius 1 is 1.03 bits per heavy atom. The average Bonchev–Trinajstić information content (AvgIpc) is 3.57. The number of ether oxygens (including phenoxy) is 3. The van der Waals surface area contributed by atoms with Crippen LogP contribution in [0.5, 0.6) is 17.2 Å². The van der Waals surface area contributed by atoms with Gasteiger partial charge in [0.25, 0.3) is 5.91 Å². The molecule has 0 radical (unpaired) electrons. The minimum absolute atomic E-state index is 0.146. The van der Waals surface area contributed by atoms with E-state index in [1.165, 1.54) is 5.56 Å². The van der Waals surface area contributed by atoms with Crippen LogP contribution in [-0.4, -0.2) is 40.9 Å². The lowest BCUT2D eigenvalue weighted by Gasteiger charge is -2.17. The first kappa shape index (κ1) is 25.5. The van der Waals surface area contributed by atoms with Gasteiger partial charge < -0.3 is 23.7 Å². The van der Waals surface area contributed by atoms with E-state index in [2.05, 4.69) is 45.8 Å². The summed E-state index contributed by atoms with van der Waals surface area (Å²) in [6.45, 7) is 5.39. The fourth-order valence-corrected chi connectivity index (χ4v) is 5.47. The second-order valence-electron chi connectivity index (χ2n) is 9.58. The van der Waals surface area contributed by atoms with E-state index in [0.717, 1.165) is 43.7 Å². The van der Waals surface area contributed by atoms with Gasteiger partial charge in [0.15, 0.2) is 16.6 Å². The summed E-state index contributed by atoms with van der Waals surface area (Å²) in [5.74, 6) is 1.99. The Kier molecular flexibility index (Phi) is 6.56. The summed E-state index contributed by atoms with van der Waals surface area (Å²) >= 11 is 9.29. The molecule has 39 heavy (non-hydrogen) atoms. The van der Waals surface area contributed by atoms with Crippen molar-refractivity contribution in [2.45, 2.75) is 20.4 Å². The molecule has 0 bridgehead atoms. The van der Waals surface area contributed by atoms with Crippen LogP contribution in [0.4, 0.5) is 5.69 Å². The van der Waals surface area contributed by atoms with Crippen molar-refractivity contribution in [3.63, 3.8) is 0 Å². The van der Waals surface area contributed by atoms with Gasteiger partial charge >= 0.3 is 0 Å². The number of nitrogens with zero attached hydrogens (tertiary/aromatic N) is 3. The number of benzene rings is 3. The van der Waals surface area contributed by atoms with Gasteiger partial charge in [0, 0.05) is 40.2 Å². The molecule has 9 heteroatoms. The average molecular weight is 605 g/mol. The van der Waals surface area contributed by atoms with Crippen LogP contribution in [0.1, 0.15) is 16.7 Å². The molecule has 7 nitrogen and oxygen atoms in total. The van der Waals surface area contributed by atoms with Gasteiger partial charge in [-0.25, -0.2) is 0 Å². The molecule has 2 aliphatic rings. The molecule has 4 aromatic rings. The molecule has 0 N–H and O–H groups in total. The Morgan fingerprint density at radius 2 is 1.85 bits per heavy atom. The molecule has 198 valence electrons. The molecule has 1 amide bonds. The van der Waals surface area contributed by atoms with Crippen molar-refractivity contribution in [2.75, 3.05) is 25.3 Å². The zero-order chi connectivity index (χ0) is 27.3. The number of anilines is 1. The second kappa shape index (κ2) is 10.1.